The maximum atomic E-state index is 12.3. The van der Waals surface area contributed by atoms with E-state index < -0.39 is 28.4 Å². The quantitative estimate of drug-likeness (QED) is 0.210. The van der Waals surface area contributed by atoms with Crippen LogP contribution in [-0.2, 0) is 14.8 Å². The molecule has 0 saturated heterocycles. The van der Waals surface area contributed by atoms with Crippen molar-refractivity contribution < 1.29 is 22.7 Å². The minimum Gasteiger partial charge on any atom is -0.423 e. The summed E-state index contributed by atoms with van der Waals surface area (Å²) < 4.78 is 31.7. The molecule has 170 valence electrons. The first-order chi connectivity index (χ1) is 15.7. The molecule has 0 heterocycles. The lowest BCUT2D eigenvalue weighted by atomic mass is 10.2. The molecule has 3 rings (SSSR count). The molecular formula is C22H17Cl2N3O5S. The smallest absolute Gasteiger partial charge is 0.345 e. The van der Waals surface area contributed by atoms with Crippen LogP contribution < -0.4 is 14.9 Å². The highest BCUT2D eigenvalue weighted by molar-refractivity contribution is 7.89. The predicted molar refractivity (Wildman–Crippen MR) is 125 cm³/mol. The first-order valence-electron chi connectivity index (χ1n) is 9.38. The molecule has 0 aliphatic heterocycles. The monoisotopic (exact) mass is 505 g/mol. The van der Waals surface area contributed by atoms with Crippen LogP contribution in [0.15, 0.2) is 82.8 Å². The number of carbonyl (C=O) groups excluding carboxylic acids is 2. The van der Waals surface area contributed by atoms with E-state index >= 15 is 0 Å². The van der Waals surface area contributed by atoms with Crippen molar-refractivity contribution in [2.75, 3.05) is 6.54 Å². The van der Waals surface area contributed by atoms with E-state index in [2.05, 4.69) is 15.2 Å². The lowest BCUT2D eigenvalue weighted by Crippen LogP contribution is -2.34. The average Bonchev–Trinajstić information content (AvgIpc) is 2.78. The molecule has 0 atom stereocenters. The number of amides is 1. The first-order valence-corrected chi connectivity index (χ1v) is 11.6. The Morgan fingerprint density at radius 1 is 0.970 bits per heavy atom. The summed E-state index contributed by atoms with van der Waals surface area (Å²) in [6, 6.07) is 18.5. The number of hydrogen-bond donors (Lipinski definition) is 2. The molecule has 0 spiro atoms. The molecule has 0 aliphatic rings. The van der Waals surface area contributed by atoms with E-state index in [0.29, 0.717) is 10.6 Å². The summed E-state index contributed by atoms with van der Waals surface area (Å²) in [6.45, 7) is -0.492. The van der Waals surface area contributed by atoms with Crippen LogP contribution >= 0.6 is 23.2 Å². The van der Waals surface area contributed by atoms with Gasteiger partial charge in [-0.1, -0.05) is 53.5 Å². The molecule has 0 aromatic heterocycles. The number of benzene rings is 3. The second-order valence-electron chi connectivity index (χ2n) is 6.52. The third-order valence-corrected chi connectivity index (χ3v) is 6.06. The highest BCUT2D eigenvalue weighted by atomic mass is 35.5. The van der Waals surface area contributed by atoms with Crippen molar-refractivity contribution in [2.45, 2.75) is 4.90 Å². The zero-order chi connectivity index (χ0) is 23.8. The summed E-state index contributed by atoms with van der Waals surface area (Å²) in [6.07, 6.45) is 1.32. The molecule has 1 amide bonds. The summed E-state index contributed by atoms with van der Waals surface area (Å²) in [5.74, 6) is -1.09. The van der Waals surface area contributed by atoms with Gasteiger partial charge >= 0.3 is 5.97 Å². The molecule has 8 nitrogen and oxygen atoms in total. The topological polar surface area (TPSA) is 114 Å². The van der Waals surface area contributed by atoms with Crippen LogP contribution in [0.3, 0.4) is 0 Å². The van der Waals surface area contributed by atoms with Crippen molar-refractivity contribution in [2.24, 2.45) is 5.10 Å². The molecule has 33 heavy (non-hydrogen) atoms. The molecule has 3 aromatic rings. The van der Waals surface area contributed by atoms with Crippen molar-refractivity contribution in [3.8, 4) is 5.75 Å². The van der Waals surface area contributed by atoms with Crippen molar-refractivity contribution in [3.63, 3.8) is 0 Å². The Morgan fingerprint density at radius 2 is 1.73 bits per heavy atom. The second-order valence-corrected chi connectivity index (χ2v) is 9.13. The van der Waals surface area contributed by atoms with Gasteiger partial charge in [-0.05, 0) is 48.0 Å². The number of sulfonamides is 1. The molecule has 2 N–H and O–H groups in total. The fourth-order valence-corrected chi connectivity index (χ4v) is 4.03. The number of halogens is 2. The number of carbonyl (C=O) groups is 2. The Bertz CT molecular complexity index is 1300. The number of esters is 1. The number of hydrogen-bond acceptors (Lipinski definition) is 6. The minimum absolute atomic E-state index is 0.0487. The zero-order valence-corrected chi connectivity index (χ0v) is 19.2. The minimum atomic E-state index is -3.81. The Morgan fingerprint density at radius 3 is 2.45 bits per heavy atom. The number of nitrogens with one attached hydrogen (secondary N) is 2. The molecule has 3 aromatic carbocycles. The highest BCUT2D eigenvalue weighted by Crippen LogP contribution is 2.23. The van der Waals surface area contributed by atoms with Crippen LogP contribution in [0.5, 0.6) is 5.75 Å². The lowest BCUT2D eigenvalue weighted by Gasteiger charge is -2.07. The lowest BCUT2D eigenvalue weighted by molar-refractivity contribution is -0.119. The van der Waals surface area contributed by atoms with Gasteiger partial charge in [0.15, 0.2) is 0 Å². The van der Waals surface area contributed by atoms with Crippen LogP contribution in [0.25, 0.3) is 0 Å². The van der Waals surface area contributed by atoms with E-state index in [4.69, 9.17) is 27.9 Å². The molecule has 0 bridgehead atoms. The largest absolute Gasteiger partial charge is 0.423 e. The summed E-state index contributed by atoms with van der Waals surface area (Å²) in [7, 11) is -3.81. The van der Waals surface area contributed by atoms with Gasteiger partial charge in [0.25, 0.3) is 5.91 Å². The molecule has 0 radical (unpaired) electrons. The average molecular weight is 506 g/mol. The molecule has 0 saturated carbocycles. The van der Waals surface area contributed by atoms with Crippen LogP contribution in [0, 0.1) is 0 Å². The Labute approximate surface area is 200 Å². The first kappa shape index (κ1) is 24.4. The Balaban J connectivity index is 1.55. The molecule has 11 heteroatoms. The third-order valence-electron chi connectivity index (χ3n) is 4.10. The predicted octanol–water partition coefficient (Wildman–Crippen LogP) is 3.64. The van der Waals surface area contributed by atoms with Gasteiger partial charge in [0, 0.05) is 5.02 Å². The van der Waals surface area contributed by atoms with Gasteiger partial charge in [-0.2, -0.15) is 5.10 Å². The van der Waals surface area contributed by atoms with E-state index in [0.717, 1.165) is 0 Å². The third kappa shape index (κ3) is 7.13. The van der Waals surface area contributed by atoms with Crippen LogP contribution in [0.2, 0.25) is 10.0 Å². The summed E-state index contributed by atoms with van der Waals surface area (Å²) in [5, 5.41) is 4.34. The van der Waals surface area contributed by atoms with E-state index in [1.807, 2.05) is 0 Å². The van der Waals surface area contributed by atoms with Crippen molar-refractivity contribution in [1.29, 1.82) is 0 Å². The number of rotatable bonds is 8. The fraction of sp³-hybridized carbons (Fsp3) is 0.0455. The van der Waals surface area contributed by atoms with E-state index in [9.17, 15) is 18.0 Å². The van der Waals surface area contributed by atoms with Gasteiger partial charge in [0.2, 0.25) is 10.0 Å². The second kappa shape index (κ2) is 11.1. The van der Waals surface area contributed by atoms with Crippen LogP contribution in [-0.4, -0.2) is 33.1 Å². The maximum Gasteiger partial charge on any atom is 0.345 e. The SMILES string of the molecule is O=C(CNS(=O)(=O)c1ccccc1)N/N=C/c1cccc(OC(=O)c2ccc(Cl)cc2Cl)c1. The molecule has 0 unspecified atom stereocenters. The van der Waals surface area contributed by atoms with Crippen LogP contribution in [0.4, 0.5) is 0 Å². The molecule has 0 aliphatic carbocycles. The highest BCUT2D eigenvalue weighted by Gasteiger charge is 2.15. The summed E-state index contributed by atoms with van der Waals surface area (Å²) >= 11 is 11.8. The number of nitrogens with zero attached hydrogens (tertiary/aromatic N) is 1. The van der Waals surface area contributed by atoms with Crippen molar-refractivity contribution >= 4 is 51.3 Å². The van der Waals surface area contributed by atoms with Crippen molar-refractivity contribution in [3.05, 3.63) is 94.0 Å². The summed E-state index contributed by atoms with van der Waals surface area (Å²) in [4.78, 5) is 24.3. The standard InChI is InChI=1S/C22H17Cl2N3O5S/c23-16-9-10-19(20(24)12-16)22(29)32-17-6-4-5-15(11-17)13-25-27-21(28)14-26-33(30,31)18-7-2-1-3-8-18/h1-13,26H,14H2,(H,27,28)/b25-13+. The molecular weight excluding hydrogens is 489 g/mol. The number of hydrazone groups is 1. The normalized spacial score (nSPS) is 11.3. The van der Waals surface area contributed by atoms with E-state index in [-0.39, 0.29) is 21.2 Å². The van der Waals surface area contributed by atoms with Gasteiger partial charge in [0.1, 0.15) is 5.75 Å². The van der Waals surface area contributed by atoms with Crippen LogP contribution in [0.1, 0.15) is 15.9 Å². The van der Waals surface area contributed by atoms with Gasteiger partial charge in [-0.3, -0.25) is 4.79 Å². The van der Waals surface area contributed by atoms with E-state index in [1.54, 1.807) is 36.4 Å². The number of ether oxygens (including phenoxy) is 1. The Hall–Kier alpha value is -3.24. The zero-order valence-electron chi connectivity index (χ0n) is 16.9. The van der Waals surface area contributed by atoms with Gasteiger partial charge in [0.05, 0.1) is 28.2 Å². The summed E-state index contributed by atoms with van der Waals surface area (Å²) in [5.41, 5.74) is 2.90. The van der Waals surface area contributed by atoms with Crippen molar-refractivity contribution in [1.82, 2.24) is 10.1 Å². The Kier molecular flexibility index (Phi) is 8.18. The van der Waals surface area contributed by atoms with Gasteiger partial charge < -0.3 is 4.74 Å². The maximum absolute atomic E-state index is 12.3. The molecule has 0 fully saturated rings. The van der Waals surface area contributed by atoms with Gasteiger partial charge in [-0.25, -0.2) is 23.4 Å². The fourth-order valence-electron chi connectivity index (χ4n) is 2.54. The van der Waals surface area contributed by atoms with E-state index in [1.165, 1.54) is 42.6 Å². The van der Waals surface area contributed by atoms with Gasteiger partial charge in [-0.15, -0.1) is 0 Å².